The van der Waals surface area contributed by atoms with Crippen molar-refractivity contribution in [3.63, 3.8) is 0 Å². The third-order valence-electron chi connectivity index (χ3n) is 2.00. The van der Waals surface area contributed by atoms with E-state index in [4.69, 9.17) is 0 Å². The molecule has 0 radical (unpaired) electrons. The van der Waals surface area contributed by atoms with Crippen LogP contribution in [-0.4, -0.2) is 29.7 Å². The Morgan fingerprint density at radius 3 is 2.55 bits per heavy atom. The van der Waals surface area contributed by atoms with Gasteiger partial charge in [0.25, 0.3) is 0 Å². The van der Waals surface area contributed by atoms with E-state index in [9.17, 15) is 9.59 Å². The van der Waals surface area contributed by atoms with Crippen LogP contribution in [0.25, 0.3) is 0 Å². The van der Waals surface area contributed by atoms with Gasteiger partial charge >= 0.3 is 0 Å². The molecule has 62 valence electrons. The average Bonchev–Trinajstić information content (AvgIpc) is 2.30. The molecule has 3 heteroatoms. The van der Waals surface area contributed by atoms with E-state index in [1.54, 1.807) is 4.90 Å². The van der Waals surface area contributed by atoms with Crippen LogP contribution < -0.4 is 0 Å². The maximum Gasteiger partial charge on any atom is 0.223 e. The van der Waals surface area contributed by atoms with Gasteiger partial charge in [0.2, 0.25) is 5.91 Å². The number of rotatable bonds is 2. The second-order valence-electron chi connectivity index (χ2n) is 3.24. The van der Waals surface area contributed by atoms with Crippen LogP contribution in [0.4, 0.5) is 0 Å². The maximum atomic E-state index is 11.2. The molecule has 0 unspecified atom stereocenters. The van der Waals surface area contributed by atoms with E-state index in [0.29, 0.717) is 13.0 Å². The molecule has 1 fully saturated rings. The van der Waals surface area contributed by atoms with E-state index in [1.165, 1.54) is 0 Å². The number of carbonyl (C=O) groups excluding carboxylic acids is 2. The van der Waals surface area contributed by atoms with E-state index >= 15 is 0 Å². The second-order valence-corrected chi connectivity index (χ2v) is 3.24. The monoisotopic (exact) mass is 155 g/mol. The Labute approximate surface area is 66.4 Å². The van der Waals surface area contributed by atoms with E-state index < -0.39 is 0 Å². The third kappa shape index (κ3) is 1.59. The largest absolute Gasteiger partial charge is 0.340 e. The topological polar surface area (TPSA) is 37.4 Å². The van der Waals surface area contributed by atoms with Crippen molar-refractivity contribution in [1.29, 1.82) is 0 Å². The highest BCUT2D eigenvalue weighted by atomic mass is 16.2. The van der Waals surface area contributed by atoms with Crippen molar-refractivity contribution in [3.05, 3.63) is 0 Å². The van der Waals surface area contributed by atoms with E-state index in [2.05, 4.69) is 0 Å². The summed E-state index contributed by atoms with van der Waals surface area (Å²) >= 11 is 0. The van der Waals surface area contributed by atoms with E-state index in [1.807, 2.05) is 13.8 Å². The molecule has 0 aromatic rings. The number of hydrogen-bond donors (Lipinski definition) is 0. The van der Waals surface area contributed by atoms with Crippen LogP contribution in [0.1, 0.15) is 20.3 Å². The summed E-state index contributed by atoms with van der Waals surface area (Å²) in [5.74, 6) is 0.0435. The molecule has 11 heavy (non-hydrogen) atoms. The molecule has 3 nitrogen and oxygen atoms in total. The Balaban J connectivity index is 2.58. The first-order valence-electron chi connectivity index (χ1n) is 3.90. The SMILES string of the molecule is CC(C)N1C[C@@H](C=O)CC1=O. The number of carbonyl (C=O) groups is 2. The Morgan fingerprint density at radius 1 is 1.64 bits per heavy atom. The van der Waals surface area contributed by atoms with Gasteiger partial charge < -0.3 is 9.69 Å². The highest BCUT2D eigenvalue weighted by Gasteiger charge is 2.30. The van der Waals surface area contributed by atoms with Crippen LogP contribution in [0, 0.1) is 5.92 Å². The predicted molar refractivity (Wildman–Crippen MR) is 41.0 cm³/mol. The molecule has 0 aromatic heterocycles. The van der Waals surface area contributed by atoms with Gasteiger partial charge in [-0.25, -0.2) is 0 Å². The van der Waals surface area contributed by atoms with Crippen molar-refractivity contribution in [2.75, 3.05) is 6.54 Å². The van der Waals surface area contributed by atoms with Crippen LogP contribution >= 0.6 is 0 Å². The first kappa shape index (κ1) is 8.24. The van der Waals surface area contributed by atoms with Crippen LogP contribution in [-0.2, 0) is 9.59 Å². The number of amides is 1. The van der Waals surface area contributed by atoms with Gasteiger partial charge in [0.15, 0.2) is 0 Å². The zero-order chi connectivity index (χ0) is 8.43. The highest BCUT2D eigenvalue weighted by molar-refractivity contribution is 5.82. The molecular weight excluding hydrogens is 142 g/mol. The van der Waals surface area contributed by atoms with Gasteiger partial charge in [-0.3, -0.25) is 4.79 Å². The van der Waals surface area contributed by atoms with E-state index in [-0.39, 0.29) is 17.9 Å². The smallest absolute Gasteiger partial charge is 0.223 e. The van der Waals surface area contributed by atoms with Gasteiger partial charge in [-0.1, -0.05) is 0 Å². The minimum Gasteiger partial charge on any atom is -0.340 e. The Hall–Kier alpha value is -0.860. The zero-order valence-electron chi connectivity index (χ0n) is 6.91. The van der Waals surface area contributed by atoms with Gasteiger partial charge in [0.05, 0.1) is 0 Å². The molecule has 0 saturated carbocycles. The molecule has 1 amide bonds. The number of nitrogens with zero attached hydrogens (tertiary/aromatic N) is 1. The highest BCUT2D eigenvalue weighted by Crippen LogP contribution is 2.17. The van der Waals surface area contributed by atoms with Crippen molar-refractivity contribution in [2.45, 2.75) is 26.3 Å². The molecule has 1 rings (SSSR count). The summed E-state index contributed by atoms with van der Waals surface area (Å²) in [6, 6.07) is 0.229. The summed E-state index contributed by atoms with van der Waals surface area (Å²) in [6.07, 6.45) is 1.28. The zero-order valence-corrected chi connectivity index (χ0v) is 6.91. The van der Waals surface area contributed by atoms with Gasteiger partial charge in [-0.05, 0) is 13.8 Å². The predicted octanol–water partition coefficient (Wildman–Crippen LogP) is 0.442. The summed E-state index contributed by atoms with van der Waals surface area (Å²) in [6.45, 7) is 4.54. The van der Waals surface area contributed by atoms with Crippen molar-refractivity contribution in [1.82, 2.24) is 4.90 Å². The summed E-state index contributed by atoms with van der Waals surface area (Å²) < 4.78 is 0. The average molecular weight is 155 g/mol. The number of likely N-dealkylation sites (tertiary alicyclic amines) is 1. The van der Waals surface area contributed by atoms with Gasteiger partial charge in [-0.15, -0.1) is 0 Å². The van der Waals surface area contributed by atoms with E-state index in [0.717, 1.165) is 6.29 Å². The van der Waals surface area contributed by atoms with Crippen LogP contribution in [0.5, 0.6) is 0 Å². The third-order valence-corrected chi connectivity index (χ3v) is 2.00. The fraction of sp³-hybridized carbons (Fsp3) is 0.750. The minimum atomic E-state index is -0.0649. The Bertz CT molecular complexity index is 177. The van der Waals surface area contributed by atoms with Crippen LogP contribution in [0.2, 0.25) is 0 Å². The lowest BCUT2D eigenvalue weighted by Crippen LogP contribution is -2.32. The standard InChI is InChI=1S/C8H13NO2/c1-6(2)9-4-7(5-10)3-8(9)11/h5-7H,3-4H2,1-2H3/t7-/m0/s1. The normalized spacial score (nSPS) is 24.8. The lowest BCUT2D eigenvalue weighted by atomic mass is 10.1. The molecule has 0 N–H and O–H groups in total. The van der Waals surface area contributed by atoms with Gasteiger partial charge in [0.1, 0.15) is 6.29 Å². The van der Waals surface area contributed by atoms with Crippen molar-refractivity contribution in [2.24, 2.45) is 5.92 Å². The van der Waals surface area contributed by atoms with Crippen molar-refractivity contribution in [3.8, 4) is 0 Å². The quantitative estimate of drug-likeness (QED) is 0.543. The molecular formula is C8H13NO2. The van der Waals surface area contributed by atoms with Gasteiger partial charge in [-0.2, -0.15) is 0 Å². The molecule has 1 heterocycles. The molecule has 1 atom stereocenters. The summed E-state index contributed by atoms with van der Waals surface area (Å²) in [7, 11) is 0. The molecule has 1 aliphatic heterocycles. The van der Waals surface area contributed by atoms with Crippen molar-refractivity contribution >= 4 is 12.2 Å². The summed E-state index contributed by atoms with van der Waals surface area (Å²) in [5, 5.41) is 0. The fourth-order valence-electron chi connectivity index (χ4n) is 1.35. The molecule has 0 bridgehead atoms. The molecule has 0 spiro atoms. The first-order chi connectivity index (χ1) is 5.15. The van der Waals surface area contributed by atoms with Gasteiger partial charge in [0, 0.05) is 24.9 Å². The number of aldehydes is 1. The van der Waals surface area contributed by atoms with Crippen molar-refractivity contribution < 1.29 is 9.59 Å². The minimum absolute atomic E-state index is 0.0649. The lowest BCUT2D eigenvalue weighted by Gasteiger charge is -2.19. The maximum absolute atomic E-state index is 11.2. The number of hydrogen-bond acceptors (Lipinski definition) is 2. The molecule has 1 saturated heterocycles. The summed E-state index contributed by atoms with van der Waals surface area (Å²) in [5.41, 5.74) is 0. The molecule has 0 aliphatic carbocycles. The summed E-state index contributed by atoms with van der Waals surface area (Å²) in [4.78, 5) is 23.2. The molecule has 1 aliphatic rings. The second kappa shape index (κ2) is 3.03. The van der Waals surface area contributed by atoms with Crippen LogP contribution in [0.3, 0.4) is 0 Å². The molecule has 0 aromatic carbocycles. The Kier molecular flexibility index (Phi) is 2.27. The fourth-order valence-corrected chi connectivity index (χ4v) is 1.35. The lowest BCUT2D eigenvalue weighted by molar-refractivity contribution is -0.129. The Morgan fingerprint density at radius 2 is 2.27 bits per heavy atom. The first-order valence-corrected chi connectivity index (χ1v) is 3.90. The van der Waals surface area contributed by atoms with Crippen LogP contribution in [0.15, 0.2) is 0 Å².